The third kappa shape index (κ3) is 3.50. The summed E-state index contributed by atoms with van der Waals surface area (Å²) in [5.74, 6) is 0.168. The Kier molecular flexibility index (Phi) is 4.78. The van der Waals surface area contributed by atoms with Crippen molar-refractivity contribution in [3.05, 3.63) is 42.0 Å². The minimum atomic E-state index is -4.38. The molecular weight excluding hydrogens is 243 g/mol. The highest BCUT2D eigenvalue weighted by molar-refractivity contribution is 5.40. The maximum absolute atomic E-state index is 12.5. The zero-order valence-electron chi connectivity index (χ0n) is 10.1. The van der Waals surface area contributed by atoms with Gasteiger partial charge in [-0.1, -0.05) is 12.1 Å². The first-order valence-electron chi connectivity index (χ1n) is 5.51. The monoisotopic (exact) mass is 259 g/mol. The second-order valence-corrected chi connectivity index (χ2v) is 3.93. The Morgan fingerprint density at radius 1 is 1.44 bits per heavy atom. The van der Waals surface area contributed by atoms with E-state index in [-0.39, 0.29) is 11.8 Å². The van der Waals surface area contributed by atoms with E-state index in [0.717, 1.165) is 12.1 Å². The molecule has 1 aromatic carbocycles. The van der Waals surface area contributed by atoms with Crippen LogP contribution in [0.25, 0.3) is 0 Å². The zero-order chi connectivity index (χ0) is 13.8. The molecule has 0 radical (unpaired) electrons. The number of rotatable bonds is 5. The van der Waals surface area contributed by atoms with Crippen LogP contribution in [0.3, 0.4) is 0 Å². The predicted molar refractivity (Wildman–Crippen MR) is 64.4 cm³/mol. The summed E-state index contributed by atoms with van der Waals surface area (Å²) in [5, 5.41) is 0. The van der Waals surface area contributed by atoms with Gasteiger partial charge in [0.1, 0.15) is 5.75 Å². The summed E-state index contributed by atoms with van der Waals surface area (Å²) in [4.78, 5) is 0. The van der Waals surface area contributed by atoms with Crippen molar-refractivity contribution in [2.24, 2.45) is 5.73 Å². The van der Waals surface area contributed by atoms with Crippen molar-refractivity contribution < 1.29 is 17.9 Å². The number of nitrogens with two attached hydrogens (primary N) is 1. The summed E-state index contributed by atoms with van der Waals surface area (Å²) in [6, 6.07) is 3.00. The van der Waals surface area contributed by atoms with E-state index in [2.05, 4.69) is 6.58 Å². The lowest BCUT2D eigenvalue weighted by atomic mass is 10.00. The van der Waals surface area contributed by atoms with Gasteiger partial charge in [-0.15, -0.1) is 6.58 Å². The van der Waals surface area contributed by atoms with Crippen LogP contribution >= 0.6 is 0 Å². The maximum atomic E-state index is 12.5. The Labute approximate surface area is 104 Å². The van der Waals surface area contributed by atoms with Crippen molar-refractivity contribution in [1.82, 2.24) is 0 Å². The number of benzene rings is 1. The first kappa shape index (κ1) is 14.6. The summed E-state index contributed by atoms with van der Waals surface area (Å²) in [6.45, 7) is 3.58. The largest absolute Gasteiger partial charge is 0.496 e. The van der Waals surface area contributed by atoms with Crippen molar-refractivity contribution in [1.29, 1.82) is 0 Å². The number of hydrogen-bond acceptors (Lipinski definition) is 2. The lowest BCUT2D eigenvalue weighted by Gasteiger charge is -2.17. The fourth-order valence-corrected chi connectivity index (χ4v) is 1.65. The van der Waals surface area contributed by atoms with E-state index < -0.39 is 11.7 Å². The van der Waals surface area contributed by atoms with Gasteiger partial charge in [-0.3, -0.25) is 0 Å². The van der Waals surface area contributed by atoms with Gasteiger partial charge >= 0.3 is 6.18 Å². The minimum absolute atomic E-state index is 0.168. The molecule has 2 nitrogen and oxygen atoms in total. The van der Waals surface area contributed by atoms with E-state index in [1.165, 1.54) is 13.2 Å². The van der Waals surface area contributed by atoms with Gasteiger partial charge in [0.15, 0.2) is 0 Å². The van der Waals surface area contributed by atoms with Crippen molar-refractivity contribution in [2.45, 2.75) is 25.1 Å². The molecule has 0 heterocycles. The average molecular weight is 259 g/mol. The van der Waals surface area contributed by atoms with Crippen LogP contribution < -0.4 is 10.5 Å². The Morgan fingerprint density at radius 3 is 2.61 bits per heavy atom. The Morgan fingerprint density at radius 2 is 2.11 bits per heavy atom. The van der Waals surface area contributed by atoms with Crippen LogP contribution in [-0.4, -0.2) is 7.11 Å². The molecule has 0 fully saturated rings. The highest BCUT2D eigenvalue weighted by atomic mass is 19.4. The number of allylic oxidation sites excluding steroid dienone is 1. The molecule has 0 saturated heterocycles. The molecule has 100 valence electrons. The topological polar surface area (TPSA) is 35.2 Å². The number of hydrogen-bond donors (Lipinski definition) is 1. The number of alkyl halides is 3. The van der Waals surface area contributed by atoms with Crippen LogP contribution in [0, 0.1) is 0 Å². The SMILES string of the molecule is C=CCC[C@H](N)c1ccc(C(F)(F)F)cc1OC. The number of methoxy groups -OCH3 is 1. The summed E-state index contributed by atoms with van der Waals surface area (Å²) in [7, 11) is 1.33. The van der Waals surface area contributed by atoms with Gasteiger partial charge in [0.05, 0.1) is 12.7 Å². The molecule has 0 spiro atoms. The smallest absolute Gasteiger partial charge is 0.416 e. The Hall–Kier alpha value is -1.49. The van der Waals surface area contributed by atoms with Crippen molar-refractivity contribution in [2.75, 3.05) is 7.11 Å². The summed E-state index contributed by atoms with van der Waals surface area (Å²) >= 11 is 0. The molecule has 0 unspecified atom stereocenters. The van der Waals surface area contributed by atoms with E-state index in [9.17, 15) is 13.2 Å². The fraction of sp³-hybridized carbons (Fsp3) is 0.385. The van der Waals surface area contributed by atoms with Gasteiger partial charge in [-0.2, -0.15) is 13.2 Å². The van der Waals surface area contributed by atoms with Crippen LogP contribution in [0.1, 0.15) is 30.0 Å². The van der Waals surface area contributed by atoms with Crippen molar-refractivity contribution >= 4 is 0 Å². The molecule has 5 heteroatoms. The van der Waals surface area contributed by atoms with E-state index >= 15 is 0 Å². The average Bonchev–Trinajstić information content (AvgIpc) is 2.34. The fourth-order valence-electron chi connectivity index (χ4n) is 1.65. The molecule has 0 bridgehead atoms. The predicted octanol–water partition coefficient (Wildman–Crippen LogP) is 3.68. The summed E-state index contributed by atoms with van der Waals surface area (Å²) < 4.78 is 42.6. The summed E-state index contributed by atoms with van der Waals surface area (Å²) in [6.07, 6.45) is -1.34. The number of ether oxygens (including phenoxy) is 1. The highest BCUT2D eigenvalue weighted by Gasteiger charge is 2.31. The zero-order valence-corrected chi connectivity index (χ0v) is 10.1. The molecular formula is C13H16F3NO. The molecule has 0 aromatic heterocycles. The van der Waals surface area contributed by atoms with Gasteiger partial charge in [-0.25, -0.2) is 0 Å². The second kappa shape index (κ2) is 5.91. The summed E-state index contributed by atoms with van der Waals surface area (Å²) in [5.41, 5.74) is 5.75. The minimum Gasteiger partial charge on any atom is -0.496 e. The standard InChI is InChI=1S/C13H16F3NO/c1-3-4-5-11(17)10-7-6-9(13(14,15)16)8-12(10)18-2/h3,6-8,11H,1,4-5,17H2,2H3/t11-/m0/s1. The van der Waals surface area contributed by atoms with Crippen LogP contribution in [0.15, 0.2) is 30.9 Å². The lowest BCUT2D eigenvalue weighted by molar-refractivity contribution is -0.137. The van der Waals surface area contributed by atoms with Crippen molar-refractivity contribution in [3.63, 3.8) is 0 Å². The molecule has 0 aliphatic carbocycles. The molecule has 0 saturated carbocycles. The van der Waals surface area contributed by atoms with Gasteiger partial charge in [-0.05, 0) is 25.0 Å². The van der Waals surface area contributed by atoms with Crippen LogP contribution in [0.5, 0.6) is 5.75 Å². The van der Waals surface area contributed by atoms with Crippen LogP contribution in [0.4, 0.5) is 13.2 Å². The maximum Gasteiger partial charge on any atom is 0.416 e. The quantitative estimate of drug-likeness (QED) is 0.819. The lowest BCUT2D eigenvalue weighted by Crippen LogP contribution is -2.13. The first-order valence-corrected chi connectivity index (χ1v) is 5.51. The number of halogens is 3. The third-order valence-electron chi connectivity index (χ3n) is 2.64. The first-order chi connectivity index (χ1) is 8.40. The van der Waals surface area contributed by atoms with Gasteiger partial charge in [0.25, 0.3) is 0 Å². The second-order valence-electron chi connectivity index (χ2n) is 3.93. The molecule has 2 N–H and O–H groups in total. The van der Waals surface area contributed by atoms with Crippen LogP contribution in [0.2, 0.25) is 0 Å². The molecule has 1 rings (SSSR count). The Balaban J connectivity index is 3.03. The molecule has 0 aliphatic rings. The third-order valence-corrected chi connectivity index (χ3v) is 2.64. The van der Waals surface area contributed by atoms with E-state index in [4.69, 9.17) is 10.5 Å². The van der Waals surface area contributed by atoms with E-state index in [1.807, 2.05) is 0 Å². The molecule has 1 atom stereocenters. The molecule has 18 heavy (non-hydrogen) atoms. The van der Waals surface area contributed by atoms with Gasteiger partial charge in [0, 0.05) is 11.6 Å². The van der Waals surface area contributed by atoms with Gasteiger partial charge < -0.3 is 10.5 Å². The highest BCUT2D eigenvalue weighted by Crippen LogP contribution is 2.35. The molecule has 0 amide bonds. The normalized spacial score (nSPS) is 13.2. The van der Waals surface area contributed by atoms with Crippen LogP contribution in [-0.2, 0) is 6.18 Å². The molecule has 1 aromatic rings. The Bertz CT molecular complexity index is 415. The van der Waals surface area contributed by atoms with E-state index in [0.29, 0.717) is 18.4 Å². The molecule has 0 aliphatic heterocycles. The van der Waals surface area contributed by atoms with E-state index in [1.54, 1.807) is 6.08 Å². The van der Waals surface area contributed by atoms with Crippen molar-refractivity contribution in [3.8, 4) is 5.75 Å². The van der Waals surface area contributed by atoms with Gasteiger partial charge in [0.2, 0.25) is 0 Å².